The number of nitrogens with zero attached hydrogens (tertiary/aromatic N) is 3. The van der Waals surface area contributed by atoms with E-state index in [1.807, 2.05) is 0 Å². The lowest BCUT2D eigenvalue weighted by atomic mass is 9.55. The molecule has 2 aromatic carbocycles. The number of methoxy groups -OCH3 is 1. The van der Waals surface area contributed by atoms with Crippen LogP contribution in [0.1, 0.15) is 37.3 Å². The molecule has 8 nitrogen and oxygen atoms in total. The second kappa shape index (κ2) is 11.3. The van der Waals surface area contributed by atoms with Gasteiger partial charge in [-0.25, -0.2) is 13.8 Å². The molecular formula is C31H29ClF2N4O4. The van der Waals surface area contributed by atoms with Crippen LogP contribution in [-0.2, 0) is 14.4 Å². The molecule has 2 saturated carbocycles. The Hall–Kier alpha value is -4.05. The lowest BCUT2D eigenvalue weighted by Gasteiger charge is -2.55. The van der Waals surface area contributed by atoms with Crippen LogP contribution in [0.3, 0.4) is 0 Å². The van der Waals surface area contributed by atoms with E-state index in [9.17, 15) is 23.2 Å². The first-order chi connectivity index (χ1) is 20.3. The van der Waals surface area contributed by atoms with Crippen molar-refractivity contribution in [3.05, 3.63) is 83.3 Å². The minimum absolute atomic E-state index is 0.0547. The summed E-state index contributed by atoms with van der Waals surface area (Å²) in [6, 6.07) is 12.4. The van der Waals surface area contributed by atoms with Crippen molar-refractivity contribution in [1.82, 2.24) is 10.3 Å². The average Bonchev–Trinajstić information content (AvgIpc) is 3.35. The van der Waals surface area contributed by atoms with Gasteiger partial charge >= 0.3 is 0 Å². The summed E-state index contributed by atoms with van der Waals surface area (Å²) in [7, 11) is 1.43. The van der Waals surface area contributed by atoms with Crippen LogP contribution in [0.4, 0.5) is 20.3 Å². The number of amides is 3. The second-order valence-corrected chi connectivity index (χ2v) is 11.3. The highest BCUT2D eigenvalue weighted by Crippen LogP contribution is 2.52. The van der Waals surface area contributed by atoms with Gasteiger partial charge in [0.2, 0.25) is 11.8 Å². The number of nitrogens with one attached hydrogen (secondary N) is 1. The van der Waals surface area contributed by atoms with Crippen molar-refractivity contribution in [2.45, 2.75) is 50.0 Å². The Kier molecular flexibility index (Phi) is 7.57. The molecule has 3 aromatic rings. The molecule has 1 N–H and O–H groups in total. The fourth-order valence-electron chi connectivity index (χ4n) is 6.43. The van der Waals surface area contributed by atoms with Crippen LogP contribution in [0, 0.1) is 17.7 Å². The van der Waals surface area contributed by atoms with E-state index in [0.29, 0.717) is 24.2 Å². The average molecular weight is 595 g/mol. The van der Waals surface area contributed by atoms with Gasteiger partial charge in [0.1, 0.15) is 24.1 Å². The number of anilines is 2. The first-order valence-electron chi connectivity index (χ1n) is 13.9. The van der Waals surface area contributed by atoms with Crippen molar-refractivity contribution in [3.8, 4) is 5.75 Å². The first-order valence-corrected chi connectivity index (χ1v) is 14.2. The number of fused-ring (bicyclic) bond motifs is 1. The molecule has 6 unspecified atom stereocenters. The summed E-state index contributed by atoms with van der Waals surface area (Å²) in [6.07, 6.45) is 1.82. The lowest BCUT2D eigenvalue weighted by Crippen LogP contribution is -2.64. The third-order valence-electron chi connectivity index (χ3n) is 8.57. The van der Waals surface area contributed by atoms with Gasteiger partial charge in [-0.15, -0.1) is 0 Å². The van der Waals surface area contributed by atoms with Crippen LogP contribution >= 0.6 is 11.6 Å². The summed E-state index contributed by atoms with van der Waals surface area (Å²) in [5, 5.41) is 3.16. The van der Waals surface area contributed by atoms with Crippen molar-refractivity contribution in [3.63, 3.8) is 0 Å². The first kappa shape index (κ1) is 28.1. The maximum absolute atomic E-state index is 14.6. The van der Waals surface area contributed by atoms with Crippen LogP contribution in [0.5, 0.6) is 5.75 Å². The summed E-state index contributed by atoms with van der Waals surface area (Å²) >= 11 is 6.61. The predicted octanol–water partition coefficient (Wildman–Crippen LogP) is 5.02. The summed E-state index contributed by atoms with van der Waals surface area (Å²) in [5.74, 6) is -1.74. The number of ether oxygens (including phenoxy) is 1. The van der Waals surface area contributed by atoms with Gasteiger partial charge in [0.15, 0.2) is 11.6 Å². The number of pyridine rings is 1. The van der Waals surface area contributed by atoms with Crippen molar-refractivity contribution in [2.24, 2.45) is 11.8 Å². The van der Waals surface area contributed by atoms with E-state index in [-0.39, 0.29) is 53.2 Å². The molecule has 6 atom stereocenters. The molecule has 0 radical (unpaired) electrons. The van der Waals surface area contributed by atoms with Crippen molar-refractivity contribution in [2.75, 3.05) is 16.9 Å². The van der Waals surface area contributed by atoms with Crippen LogP contribution in [0.2, 0.25) is 5.02 Å². The quantitative estimate of drug-likeness (QED) is 0.396. The Bertz CT molecular complexity index is 1540. The highest BCUT2D eigenvalue weighted by Gasteiger charge is 2.55. The Balaban J connectivity index is 1.44. The lowest BCUT2D eigenvalue weighted by molar-refractivity contribution is -0.133. The molecule has 42 heavy (non-hydrogen) atoms. The van der Waals surface area contributed by atoms with Crippen molar-refractivity contribution in [1.29, 1.82) is 0 Å². The zero-order valence-electron chi connectivity index (χ0n) is 22.8. The summed E-state index contributed by atoms with van der Waals surface area (Å²) in [4.78, 5) is 48.7. The van der Waals surface area contributed by atoms with Gasteiger partial charge in [0, 0.05) is 40.9 Å². The molecule has 218 valence electrons. The molecule has 6 rings (SSSR count). The van der Waals surface area contributed by atoms with Crippen LogP contribution in [0.25, 0.3) is 0 Å². The van der Waals surface area contributed by atoms with Gasteiger partial charge in [0.25, 0.3) is 5.91 Å². The highest BCUT2D eigenvalue weighted by molar-refractivity contribution is 6.31. The van der Waals surface area contributed by atoms with Crippen LogP contribution in [-0.4, -0.2) is 48.1 Å². The molecule has 1 saturated heterocycles. The number of carbonyl (C=O) groups is 3. The highest BCUT2D eigenvalue weighted by atomic mass is 35.5. The molecule has 11 heteroatoms. The van der Waals surface area contributed by atoms with E-state index >= 15 is 0 Å². The van der Waals surface area contributed by atoms with Gasteiger partial charge in [-0.2, -0.15) is 0 Å². The minimum Gasteiger partial charge on any atom is -0.493 e. The number of benzene rings is 2. The number of rotatable bonds is 8. The smallest absolute Gasteiger partial charge is 0.251 e. The Labute approximate surface area is 246 Å². The maximum Gasteiger partial charge on any atom is 0.251 e. The van der Waals surface area contributed by atoms with Crippen molar-refractivity contribution < 1.29 is 27.9 Å². The van der Waals surface area contributed by atoms with E-state index in [0.717, 1.165) is 6.07 Å². The SMILES string of the molecule is COc1cccnc1N1C(=O)CCC1C(=O)N(c1cccc(F)c1)C(C(=O)NC1CC2CC(F)C21)c1ccccc1Cl. The molecule has 3 amide bonds. The summed E-state index contributed by atoms with van der Waals surface area (Å²) in [5.41, 5.74) is 0.410. The number of carbonyl (C=O) groups excluding carboxylic acids is 3. The summed E-state index contributed by atoms with van der Waals surface area (Å²) in [6.45, 7) is 0. The number of alkyl halides is 1. The van der Waals surface area contributed by atoms with Gasteiger partial charge in [0.05, 0.1) is 7.11 Å². The summed E-state index contributed by atoms with van der Waals surface area (Å²) < 4.78 is 34.3. The maximum atomic E-state index is 14.6. The predicted molar refractivity (Wildman–Crippen MR) is 152 cm³/mol. The van der Waals surface area contributed by atoms with Gasteiger partial charge in [-0.3, -0.25) is 24.2 Å². The molecule has 0 bridgehead atoms. The van der Waals surface area contributed by atoms with E-state index < -0.39 is 35.9 Å². The topological polar surface area (TPSA) is 91.8 Å². The standard InChI is InChI=1S/C31H29ClF2N4O4/c1-42-25-10-5-13-35-29(25)38-24(11-12-26(38)39)31(41)37(19-7-4-6-18(33)16-19)28(20-8-2-3-9-21(20)32)30(40)36-23-15-17-14-22(34)27(17)23/h2-10,13,16-17,22-24,27-28H,11-12,14-15H2,1H3,(H,36,40). The molecule has 1 aliphatic heterocycles. The van der Waals surface area contributed by atoms with E-state index in [1.54, 1.807) is 36.4 Å². The Morgan fingerprint density at radius 1 is 1.14 bits per heavy atom. The van der Waals surface area contributed by atoms with Crippen LogP contribution < -0.4 is 19.9 Å². The zero-order valence-corrected chi connectivity index (χ0v) is 23.5. The molecule has 2 aliphatic carbocycles. The van der Waals surface area contributed by atoms with Gasteiger partial charge in [-0.05, 0) is 61.6 Å². The third-order valence-corrected chi connectivity index (χ3v) is 8.91. The molecular weight excluding hydrogens is 566 g/mol. The Morgan fingerprint density at radius 2 is 1.95 bits per heavy atom. The second-order valence-electron chi connectivity index (χ2n) is 10.9. The van der Waals surface area contributed by atoms with Gasteiger partial charge < -0.3 is 10.1 Å². The van der Waals surface area contributed by atoms with Crippen molar-refractivity contribution >= 4 is 40.8 Å². The molecule has 2 heterocycles. The monoisotopic (exact) mass is 594 g/mol. The Morgan fingerprint density at radius 3 is 2.67 bits per heavy atom. The molecule has 1 aromatic heterocycles. The molecule has 3 aliphatic rings. The largest absolute Gasteiger partial charge is 0.493 e. The zero-order chi connectivity index (χ0) is 29.5. The van der Waals surface area contributed by atoms with E-state index in [1.165, 1.54) is 41.3 Å². The third kappa shape index (κ3) is 4.87. The minimum atomic E-state index is -1.34. The fraction of sp³-hybridized carbons (Fsp3) is 0.355. The molecule has 0 spiro atoms. The fourth-order valence-corrected chi connectivity index (χ4v) is 6.67. The molecule has 3 fully saturated rings. The van der Waals surface area contributed by atoms with Gasteiger partial charge in [-0.1, -0.05) is 35.9 Å². The van der Waals surface area contributed by atoms with E-state index in [2.05, 4.69) is 10.3 Å². The normalized spacial score (nSPS) is 25.1. The number of hydrogen-bond acceptors (Lipinski definition) is 5. The van der Waals surface area contributed by atoms with E-state index in [4.69, 9.17) is 16.3 Å². The number of aromatic nitrogens is 1. The number of hydrogen-bond donors (Lipinski definition) is 1. The van der Waals surface area contributed by atoms with Crippen LogP contribution in [0.15, 0.2) is 66.9 Å². The number of halogens is 3.